The number of carbonyl (C=O) groups excluding carboxylic acids is 1. The summed E-state index contributed by atoms with van der Waals surface area (Å²) in [7, 11) is 3.49. The number of nitrogens with one attached hydrogen (secondary N) is 1. The number of nitrogens with zero attached hydrogens (tertiary/aromatic N) is 5. The van der Waals surface area contributed by atoms with E-state index in [-0.39, 0.29) is 36.4 Å². The zero-order valence-corrected chi connectivity index (χ0v) is 19.6. The van der Waals surface area contributed by atoms with E-state index in [4.69, 9.17) is 11.6 Å². The molecular weight excluding hydrogens is 479 g/mol. The van der Waals surface area contributed by atoms with Crippen LogP contribution in [0.5, 0.6) is 0 Å². The second kappa shape index (κ2) is 11.5. The lowest BCUT2D eigenvalue weighted by molar-refractivity contribution is -0.127. The number of likely N-dealkylation sites (N-methyl/N-ethyl adjacent to an activating group) is 1. The van der Waals surface area contributed by atoms with Crippen LogP contribution in [0.3, 0.4) is 0 Å². The highest BCUT2D eigenvalue weighted by Gasteiger charge is 2.21. The molecule has 1 N–H and O–H groups in total. The van der Waals surface area contributed by atoms with E-state index in [0.717, 1.165) is 44.4 Å². The molecule has 1 aromatic heterocycles. The van der Waals surface area contributed by atoms with E-state index in [1.165, 1.54) is 0 Å². The first kappa shape index (κ1) is 23.7. The van der Waals surface area contributed by atoms with Crippen LogP contribution in [0.1, 0.15) is 13.8 Å². The van der Waals surface area contributed by atoms with Crippen LogP contribution in [-0.4, -0.2) is 80.0 Å². The quantitative estimate of drug-likeness (QED) is 0.375. The summed E-state index contributed by atoms with van der Waals surface area (Å²) >= 11 is 6.26. The molecule has 1 aliphatic heterocycles. The number of guanidine groups is 1. The molecule has 0 unspecified atom stereocenters. The van der Waals surface area contributed by atoms with Gasteiger partial charge in [-0.2, -0.15) is 0 Å². The summed E-state index contributed by atoms with van der Waals surface area (Å²) in [6.07, 6.45) is 3.44. The number of pyridine rings is 1. The molecule has 1 amide bonds. The zero-order chi connectivity index (χ0) is 19.1. The van der Waals surface area contributed by atoms with Crippen LogP contribution in [0.4, 0.5) is 5.69 Å². The molecule has 0 radical (unpaired) electrons. The van der Waals surface area contributed by atoms with Crippen molar-refractivity contribution in [2.75, 3.05) is 58.3 Å². The van der Waals surface area contributed by atoms with Gasteiger partial charge < -0.3 is 20.0 Å². The fourth-order valence-electron chi connectivity index (χ4n) is 2.63. The van der Waals surface area contributed by atoms with Gasteiger partial charge in [0.15, 0.2) is 5.96 Å². The summed E-state index contributed by atoms with van der Waals surface area (Å²) in [6, 6.07) is 1.94. The molecule has 2 rings (SSSR count). The van der Waals surface area contributed by atoms with E-state index in [0.29, 0.717) is 10.9 Å². The summed E-state index contributed by atoms with van der Waals surface area (Å²) in [5.74, 6) is 1.30. The number of halogens is 2. The molecule has 0 atom stereocenters. The molecule has 27 heavy (non-hydrogen) atoms. The second-order valence-corrected chi connectivity index (χ2v) is 7.41. The zero-order valence-electron chi connectivity index (χ0n) is 16.5. The number of anilines is 1. The van der Waals surface area contributed by atoms with E-state index in [1.54, 1.807) is 31.4 Å². The third kappa shape index (κ3) is 7.33. The molecule has 0 spiro atoms. The Bertz CT molecular complexity index is 632. The summed E-state index contributed by atoms with van der Waals surface area (Å²) in [5, 5.41) is 4.07. The Kier molecular flexibility index (Phi) is 10.1. The fourth-order valence-corrected chi connectivity index (χ4v) is 2.87. The van der Waals surface area contributed by atoms with Crippen molar-refractivity contribution in [1.82, 2.24) is 20.1 Å². The minimum absolute atomic E-state index is 0. The van der Waals surface area contributed by atoms with Crippen molar-refractivity contribution in [3.8, 4) is 0 Å². The fraction of sp³-hybridized carbons (Fsp3) is 0.611. The minimum atomic E-state index is -0.00366. The minimum Gasteiger partial charge on any atom is -0.367 e. The average Bonchev–Trinajstić information content (AvgIpc) is 2.62. The van der Waals surface area contributed by atoms with Crippen molar-refractivity contribution in [2.45, 2.75) is 13.8 Å². The predicted octanol–water partition coefficient (Wildman–Crippen LogP) is 2.16. The number of piperazine rings is 1. The first-order valence-electron chi connectivity index (χ1n) is 8.96. The SMILES string of the molecule is CC(C)CNC(=NCC(=O)N(C)C)N1CCN(c2ccncc2Cl)CC1.I. The average molecular weight is 509 g/mol. The molecule has 7 nitrogen and oxygen atoms in total. The van der Waals surface area contributed by atoms with Gasteiger partial charge in [-0.15, -0.1) is 24.0 Å². The summed E-state index contributed by atoms with van der Waals surface area (Å²) in [6.45, 7) is 8.60. The van der Waals surface area contributed by atoms with Gasteiger partial charge in [0.1, 0.15) is 6.54 Å². The Morgan fingerprint density at radius 2 is 2.00 bits per heavy atom. The van der Waals surface area contributed by atoms with Crippen LogP contribution < -0.4 is 10.2 Å². The van der Waals surface area contributed by atoms with Gasteiger partial charge in [-0.05, 0) is 12.0 Å². The molecule has 1 aliphatic rings. The van der Waals surface area contributed by atoms with Crippen LogP contribution in [0.2, 0.25) is 5.02 Å². The third-order valence-corrected chi connectivity index (χ3v) is 4.49. The van der Waals surface area contributed by atoms with Crippen LogP contribution in [-0.2, 0) is 4.79 Å². The molecule has 0 aliphatic carbocycles. The molecule has 9 heteroatoms. The lowest BCUT2D eigenvalue weighted by atomic mass is 10.2. The van der Waals surface area contributed by atoms with Crippen molar-refractivity contribution >= 4 is 53.1 Å². The number of carbonyl (C=O) groups is 1. The van der Waals surface area contributed by atoms with Crippen LogP contribution in [0.15, 0.2) is 23.5 Å². The lowest BCUT2D eigenvalue weighted by Crippen LogP contribution is -2.53. The van der Waals surface area contributed by atoms with Crippen molar-refractivity contribution in [3.63, 3.8) is 0 Å². The number of hydrogen-bond donors (Lipinski definition) is 1. The van der Waals surface area contributed by atoms with Crippen LogP contribution >= 0.6 is 35.6 Å². The Hall–Kier alpha value is -1.29. The van der Waals surface area contributed by atoms with E-state index in [9.17, 15) is 4.79 Å². The summed E-state index contributed by atoms with van der Waals surface area (Å²) < 4.78 is 0. The van der Waals surface area contributed by atoms with Gasteiger partial charge in [-0.1, -0.05) is 25.4 Å². The Labute approximate surface area is 184 Å². The first-order valence-corrected chi connectivity index (χ1v) is 9.34. The number of amides is 1. The largest absolute Gasteiger partial charge is 0.367 e. The first-order chi connectivity index (χ1) is 12.4. The molecule has 1 fully saturated rings. The van der Waals surface area contributed by atoms with Crippen LogP contribution in [0, 0.1) is 5.92 Å². The standard InChI is InChI=1S/C18H29ClN6O.HI/c1-14(2)11-21-18(22-13-17(26)23(3)4)25-9-7-24(8-10-25)16-5-6-20-12-15(16)19;/h5-6,12,14H,7-11,13H2,1-4H3,(H,21,22);1H. The molecule has 0 bridgehead atoms. The molecule has 1 saturated heterocycles. The summed E-state index contributed by atoms with van der Waals surface area (Å²) in [4.78, 5) is 26.5. The van der Waals surface area contributed by atoms with E-state index < -0.39 is 0 Å². The summed E-state index contributed by atoms with van der Waals surface area (Å²) in [5.41, 5.74) is 1.01. The Morgan fingerprint density at radius 1 is 1.33 bits per heavy atom. The number of hydrogen-bond acceptors (Lipinski definition) is 4. The third-order valence-electron chi connectivity index (χ3n) is 4.20. The molecule has 152 valence electrons. The van der Waals surface area contributed by atoms with E-state index in [1.807, 2.05) is 6.07 Å². The number of rotatable bonds is 5. The highest BCUT2D eigenvalue weighted by Crippen LogP contribution is 2.25. The van der Waals surface area contributed by atoms with Crippen molar-refractivity contribution in [3.05, 3.63) is 23.5 Å². The normalized spacial score (nSPS) is 14.8. The Morgan fingerprint density at radius 3 is 2.56 bits per heavy atom. The van der Waals surface area contributed by atoms with Crippen molar-refractivity contribution < 1.29 is 4.79 Å². The van der Waals surface area contributed by atoms with Gasteiger partial charge in [0.25, 0.3) is 0 Å². The topological polar surface area (TPSA) is 64.1 Å². The van der Waals surface area contributed by atoms with Gasteiger partial charge in [-0.3, -0.25) is 9.78 Å². The van der Waals surface area contributed by atoms with Gasteiger partial charge in [0.05, 0.1) is 10.7 Å². The molecule has 0 saturated carbocycles. The number of aliphatic imine (C=N–C) groups is 1. The monoisotopic (exact) mass is 508 g/mol. The van der Waals surface area contributed by atoms with E-state index in [2.05, 4.69) is 38.9 Å². The Balaban J connectivity index is 0.00000364. The molecule has 2 heterocycles. The maximum absolute atomic E-state index is 11.9. The molecular formula is C18H30ClIN6O. The second-order valence-electron chi connectivity index (χ2n) is 7.00. The van der Waals surface area contributed by atoms with Crippen LogP contribution in [0.25, 0.3) is 0 Å². The smallest absolute Gasteiger partial charge is 0.243 e. The molecule has 1 aromatic rings. The van der Waals surface area contributed by atoms with Gasteiger partial charge >= 0.3 is 0 Å². The van der Waals surface area contributed by atoms with Crippen molar-refractivity contribution in [1.29, 1.82) is 0 Å². The highest BCUT2D eigenvalue weighted by atomic mass is 127. The van der Waals surface area contributed by atoms with Crippen molar-refractivity contribution in [2.24, 2.45) is 10.9 Å². The maximum atomic E-state index is 11.9. The maximum Gasteiger partial charge on any atom is 0.243 e. The lowest BCUT2D eigenvalue weighted by Gasteiger charge is -2.38. The number of aromatic nitrogens is 1. The van der Waals surface area contributed by atoms with Gasteiger partial charge in [-0.25, -0.2) is 4.99 Å². The van der Waals surface area contributed by atoms with Gasteiger partial charge in [0.2, 0.25) is 5.91 Å². The van der Waals surface area contributed by atoms with Gasteiger partial charge in [0, 0.05) is 59.2 Å². The van der Waals surface area contributed by atoms with E-state index >= 15 is 0 Å². The highest BCUT2D eigenvalue weighted by molar-refractivity contribution is 14.0. The molecule has 0 aromatic carbocycles. The predicted molar refractivity (Wildman–Crippen MR) is 122 cm³/mol.